The minimum atomic E-state index is -0.164. The Morgan fingerprint density at radius 2 is 1.77 bits per heavy atom. The number of carbonyl (C=O) groups excluding carboxylic acids is 2. The molecule has 9 heteroatoms. The molecule has 2 aromatic carbocycles. The summed E-state index contributed by atoms with van der Waals surface area (Å²) in [5.74, 6) is 0.614. The van der Waals surface area contributed by atoms with E-state index >= 15 is 0 Å². The molecule has 0 aliphatic carbocycles. The molecule has 7 nitrogen and oxygen atoms in total. The first-order valence-corrected chi connectivity index (χ1v) is 11.9. The quantitative estimate of drug-likeness (QED) is 0.325. The predicted octanol–water partition coefficient (Wildman–Crippen LogP) is 4.18. The largest absolute Gasteiger partial charge is 0.345 e. The standard InChI is InChI=1S/C22H24IN5O2S/c1-4-28-18(12-24-21(30)16-8-6-5-7-9-16)26-27-22(28)31-13-19(29)25-20-14(2)10-17(23)11-15(20)3/h5-11H,4,12-13H2,1-3H3,(H,24,30)(H,25,29). The molecule has 31 heavy (non-hydrogen) atoms. The molecule has 3 aromatic rings. The molecule has 3 rings (SSSR count). The third-order valence-electron chi connectivity index (χ3n) is 4.65. The van der Waals surface area contributed by atoms with Crippen molar-refractivity contribution in [1.82, 2.24) is 20.1 Å². The third-order valence-corrected chi connectivity index (χ3v) is 6.24. The zero-order valence-electron chi connectivity index (χ0n) is 17.6. The van der Waals surface area contributed by atoms with E-state index in [0.29, 0.717) is 23.1 Å². The lowest BCUT2D eigenvalue weighted by molar-refractivity contribution is -0.113. The van der Waals surface area contributed by atoms with Crippen LogP contribution in [-0.2, 0) is 17.9 Å². The molecule has 0 bridgehead atoms. The average molecular weight is 549 g/mol. The summed E-state index contributed by atoms with van der Waals surface area (Å²) >= 11 is 3.60. The van der Waals surface area contributed by atoms with Crippen molar-refractivity contribution in [2.45, 2.75) is 39.0 Å². The molecule has 0 atom stereocenters. The van der Waals surface area contributed by atoms with Gasteiger partial charge in [0.15, 0.2) is 11.0 Å². The van der Waals surface area contributed by atoms with E-state index in [9.17, 15) is 9.59 Å². The molecule has 2 amide bonds. The molecular weight excluding hydrogens is 525 g/mol. The van der Waals surface area contributed by atoms with Crippen molar-refractivity contribution in [3.8, 4) is 0 Å². The van der Waals surface area contributed by atoms with Crippen molar-refractivity contribution in [1.29, 1.82) is 0 Å². The number of thioether (sulfide) groups is 1. The van der Waals surface area contributed by atoms with E-state index in [1.807, 2.05) is 55.7 Å². The van der Waals surface area contributed by atoms with Crippen molar-refractivity contribution < 1.29 is 9.59 Å². The van der Waals surface area contributed by atoms with E-state index in [1.54, 1.807) is 12.1 Å². The molecule has 0 unspecified atom stereocenters. The normalized spacial score (nSPS) is 10.7. The number of amides is 2. The second kappa shape index (κ2) is 10.8. The molecule has 162 valence electrons. The second-order valence-electron chi connectivity index (χ2n) is 6.94. The van der Waals surface area contributed by atoms with Crippen molar-refractivity contribution in [3.63, 3.8) is 0 Å². The van der Waals surface area contributed by atoms with E-state index < -0.39 is 0 Å². The number of rotatable bonds is 8. The number of hydrogen-bond donors (Lipinski definition) is 2. The van der Waals surface area contributed by atoms with Crippen LogP contribution < -0.4 is 10.6 Å². The van der Waals surface area contributed by atoms with Crippen LogP contribution >= 0.6 is 34.4 Å². The summed E-state index contributed by atoms with van der Waals surface area (Å²) in [6.45, 7) is 6.86. The van der Waals surface area contributed by atoms with Crippen molar-refractivity contribution >= 4 is 51.9 Å². The van der Waals surface area contributed by atoms with Crippen LogP contribution in [0.25, 0.3) is 0 Å². The summed E-state index contributed by atoms with van der Waals surface area (Å²) in [4.78, 5) is 24.8. The first-order valence-electron chi connectivity index (χ1n) is 9.83. The van der Waals surface area contributed by atoms with Gasteiger partial charge >= 0.3 is 0 Å². The van der Waals surface area contributed by atoms with Crippen LogP contribution in [0.5, 0.6) is 0 Å². The van der Waals surface area contributed by atoms with Crippen LogP contribution in [0, 0.1) is 17.4 Å². The molecule has 0 saturated carbocycles. The molecule has 1 aromatic heterocycles. The average Bonchev–Trinajstić information content (AvgIpc) is 3.15. The summed E-state index contributed by atoms with van der Waals surface area (Å²) in [5, 5.41) is 14.9. The van der Waals surface area contributed by atoms with Crippen LogP contribution in [0.3, 0.4) is 0 Å². The highest BCUT2D eigenvalue weighted by Gasteiger charge is 2.15. The molecule has 0 radical (unpaired) electrons. The van der Waals surface area contributed by atoms with Crippen LogP contribution in [0.4, 0.5) is 5.69 Å². The number of anilines is 1. The minimum absolute atomic E-state index is 0.0954. The van der Waals surface area contributed by atoms with Gasteiger partial charge in [-0.1, -0.05) is 30.0 Å². The molecule has 0 fully saturated rings. The SMILES string of the molecule is CCn1c(CNC(=O)c2ccccc2)nnc1SCC(=O)Nc1c(C)cc(I)cc1C. The molecule has 2 N–H and O–H groups in total. The zero-order valence-corrected chi connectivity index (χ0v) is 20.6. The maximum atomic E-state index is 12.5. The Morgan fingerprint density at radius 1 is 1.10 bits per heavy atom. The Bertz CT molecular complexity index is 1060. The van der Waals surface area contributed by atoms with Gasteiger partial charge in [0.05, 0.1) is 12.3 Å². The van der Waals surface area contributed by atoms with Gasteiger partial charge in [-0.25, -0.2) is 0 Å². The highest BCUT2D eigenvalue weighted by Crippen LogP contribution is 2.24. The molecular formula is C22H24IN5O2S. The van der Waals surface area contributed by atoms with Gasteiger partial charge in [-0.3, -0.25) is 9.59 Å². The minimum Gasteiger partial charge on any atom is -0.345 e. The second-order valence-corrected chi connectivity index (χ2v) is 9.13. The topological polar surface area (TPSA) is 88.9 Å². The maximum absolute atomic E-state index is 12.5. The first kappa shape index (κ1) is 23.3. The summed E-state index contributed by atoms with van der Waals surface area (Å²) in [5.41, 5.74) is 3.52. The molecule has 0 spiro atoms. The van der Waals surface area contributed by atoms with Crippen molar-refractivity contribution in [2.75, 3.05) is 11.1 Å². The molecule has 0 aliphatic heterocycles. The van der Waals surface area contributed by atoms with Gasteiger partial charge in [0.1, 0.15) is 0 Å². The van der Waals surface area contributed by atoms with Crippen LogP contribution in [0.2, 0.25) is 0 Å². The van der Waals surface area contributed by atoms with Crippen LogP contribution in [0.1, 0.15) is 34.2 Å². The predicted molar refractivity (Wildman–Crippen MR) is 131 cm³/mol. The fourth-order valence-corrected chi connectivity index (χ4v) is 4.89. The van der Waals surface area contributed by atoms with E-state index in [0.717, 1.165) is 20.4 Å². The number of aromatic nitrogens is 3. The molecule has 1 heterocycles. The Morgan fingerprint density at radius 3 is 2.42 bits per heavy atom. The lowest BCUT2D eigenvalue weighted by Gasteiger charge is -2.12. The summed E-state index contributed by atoms with van der Waals surface area (Å²) < 4.78 is 3.05. The fourth-order valence-electron chi connectivity index (χ4n) is 3.14. The fraction of sp³-hybridized carbons (Fsp3) is 0.273. The number of halogens is 1. The number of hydrogen-bond acceptors (Lipinski definition) is 5. The number of nitrogens with zero attached hydrogens (tertiary/aromatic N) is 3. The van der Waals surface area contributed by atoms with Crippen LogP contribution in [0.15, 0.2) is 47.6 Å². The highest BCUT2D eigenvalue weighted by atomic mass is 127. The Kier molecular flexibility index (Phi) is 8.08. The lowest BCUT2D eigenvalue weighted by Crippen LogP contribution is -2.24. The van der Waals surface area contributed by atoms with Crippen molar-refractivity contribution in [2.24, 2.45) is 0 Å². The molecule has 0 saturated heterocycles. The number of aryl methyl sites for hydroxylation is 2. The summed E-state index contributed by atoms with van der Waals surface area (Å²) in [6.07, 6.45) is 0. The summed E-state index contributed by atoms with van der Waals surface area (Å²) in [7, 11) is 0. The van der Waals surface area contributed by atoms with Crippen LogP contribution in [-0.4, -0.2) is 32.3 Å². The first-order chi connectivity index (χ1) is 14.9. The van der Waals surface area contributed by atoms with Gasteiger partial charge in [-0.15, -0.1) is 10.2 Å². The van der Waals surface area contributed by atoms with Gasteiger partial charge in [0, 0.05) is 21.4 Å². The van der Waals surface area contributed by atoms with Gasteiger partial charge in [-0.2, -0.15) is 0 Å². The number of benzene rings is 2. The van der Waals surface area contributed by atoms with Crippen molar-refractivity contribution in [3.05, 3.63) is 68.5 Å². The summed E-state index contributed by atoms with van der Waals surface area (Å²) in [6, 6.07) is 13.1. The van der Waals surface area contributed by atoms with Gasteiger partial charge in [0.25, 0.3) is 5.91 Å². The highest BCUT2D eigenvalue weighted by molar-refractivity contribution is 14.1. The third kappa shape index (κ3) is 6.07. The maximum Gasteiger partial charge on any atom is 0.251 e. The van der Waals surface area contributed by atoms with E-state index in [2.05, 4.69) is 43.4 Å². The Labute approximate surface area is 199 Å². The van der Waals surface area contributed by atoms with E-state index in [4.69, 9.17) is 0 Å². The monoisotopic (exact) mass is 549 g/mol. The zero-order chi connectivity index (χ0) is 22.4. The molecule has 0 aliphatic rings. The van der Waals surface area contributed by atoms with Gasteiger partial charge in [-0.05, 0) is 78.8 Å². The Hall–Kier alpha value is -2.40. The lowest BCUT2D eigenvalue weighted by atomic mass is 10.1. The van der Waals surface area contributed by atoms with E-state index in [-0.39, 0.29) is 24.1 Å². The number of nitrogens with one attached hydrogen (secondary N) is 2. The van der Waals surface area contributed by atoms with Gasteiger partial charge < -0.3 is 15.2 Å². The van der Waals surface area contributed by atoms with Gasteiger partial charge in [0.2, 0.25) is 5.91 Å². The Balaban J connectivity index is 1.59. The van der Waals surface area contributed by atoms with E-state index in [1.165, 1.54) is 11.8 Å². The smallest absolute Gasteiger partial charge is 0.251 e. The number of carbonyl (C=O) groups is 2.